The number of rotatable bonds is 7. The Labute approximate surface area is 121 Å². The van der Waals surface area contributed by atoms with Crippen molar-refractivity contribution in [3.05, 3.63) is 0 Å². The van der Waals surface area contributed by atoms with Crippen molar-refractivity contribution < 1.29 is 13.2 Å². The van der Waals surface area contributed by atoms with Crippen molar-refractivity contribution in [2.75, 3.05) is 26.2 Å². The molecule has 0 bridgehead atoms. The SMILES string of the molecule is CCCN1CC(CC(F)(F)F)CC(NCCC(C)C)C1. The Morgan fingerprint density at radius 1 is 1.25 bits per heavy atom. The number of halogens is 3. The van der Waals surface area contributed by atoms with Crippen molar-refractivity contribution in [2.24, 2.45) is 11.8 Å². The van der Waals surface area contributed by atoms with Crippen molar-refractivity contribution >= 4 is 0 Å². The lowest BCUT2D eigenvalue weighted by molar-refractivity contribution is -0.148. The van der Waals surface area contributed by atoms with Crippen LogP contribution in [0.5, 0.6) is 0 Å². The van der Waals surface area contributed by atoms with Crippen LogP contribution >= 0.6 is 0 Å². The largest absolute Gasteiger partial charge is 0.389 e. The van der Waals surface area contributed by atoms with Gasteiger partial charge >= 0.3 is 6.18 Å². The van der Waals surface area contributed by atoms with Gasteiger partial charge in [-0.05, 0) is 44.2 Å². The average Bonchev–Trinajstić information content (AvgIpc) is 2.26. The molecule has 2 unspecified atom stereocenters. The van der Waals surface area contributed by atoms with Crippen LogP contribution < -0.4 is 5.32 Å². The van der Waals surface area contributed by atoms with Gasteiger partial charge in [0.25, 0.3) is 0 Å². The van der Waals surface area contributed by atoms with Gasteiger partial charge in [0.05, 0.1) is 0 Å². The van der Waals surface area contributed by atoms with Gasteiger partial charge in [-0.3, -0.25) is 0 Å². The summed E-state index contributed by atoms with van der Waals surface area (Å²) in [5.74, 6) is 0.371. The number of piperidine rings is 1. The predicted molar refractivity (Wildman–Crippen MR) is 76.8 cm³/mol. The van der Waals surface area contributed by atoms with Gasteiger partial charge in [0, 0.05) is 25.6 Å². The minimum atomic E-state index is -4.04. The molecule has 1 N–H and O–H groups in total. The van der Waals surface area contributed by atoms with Gasteiger partial charge in [0.15, 0.2) is 0 Å². The summed E-state index contributed by atoms with van der Waals surface area (Å²) in [6.07, 6.45) is -1.96. The number of hydrogen-bond donors (Lipinski definition) is 1. The van der Waals surface area contributed by atoms with Gasteiger partial charge in [0.2, 0.25) is 0 Å². The smallest absolute Gasteiger partial charge is 0.313 e. The molecule has 120 valence electrons. The number of likely N-dealkylation sites (tertiary alicyclic amines) is 1. The van der Waals surface area contributed by atoms with E-state index < -0.39 is 12.6 Å². The molecule has 0 saturated carbocycles. The van der Waals surface area contributed by atoms with Crippen LogP contribution in [0.15, 0.2) is 0 Å². The van der Waals surface area contributed by atoms with Crippen LogP contribution in [0.2, 0.25) is 0 Å². The van der Waals surface area contributed by atoms with Gasteiger partial charge < -0.3 is 10.2 Å². The molecule has 0 aliphatic carbocycles. The minimum absolute atomic E-state index is 0.210. The van der Waals surface area contributed by atoms with Crippen molar-refractivity contribution in [2.45, 2.75) is 58.7 Å². The fourth-order valence-corrected chi connectivity index (χ4v) is 3.00. The molecule has 2 nitrogen and oxygen atoms in total. The molecule has 0 aromatic heterocycles. The van der Waals surface area contributed by atoms with E-state index in [1.807, 2.05) is 0 Å². The third-order valence-electron chi connectivity index (χ3n) is 3.83. The number of nitrogens with one attached hydrogen (secondary N) is 1. The second-order valence-corrected chi connectivity index (χ2v) is 6.51. The summed E-state index contributed by atoms with van der Waals surface area (Å²) in [5.41, 5.74) is 0. The summed E-state index contributed by atoms with van der Waals surface area (Å²) in [7, 11) is 0. The molecule has 1 aliphatic rings. The van der Waals surface area contributed by atoms with E-state index in [-0.39, 0.29) is 12.0 Å². The maximum Gasteiger partial charge on any atom is 0.389 e. The molecule has 0 spiro atoms. The van der Waals surface area contributed by atoms with Crippen molar-refractivity contribution in [1.82, 2.24) is 10.2 Å². The summed E-state index contributed by atoms with van der Waals surface area (Å²) >= 11 is 0. The first-order valence-corrected chi connectivity index (χ1v) is 7.82. The molecule has 0 aromatic carbocycles. The van der Waals surface area contributed by atoms with Crippen molar-refractivity contribution in [3.63, 3.8) is 0 Å². The highest BCUT2D eigenvalue weighted by Gasteiger charge is 2.36. The molecule has 0 aromatic rings. The monoisotopic (exact) mass is 294 g/mol. The van der Waals surface area contributed by atoms with E-state index in [0.29, 0.717) is 18.9 Å². The fourth-order valence-electron chi connectivity index (χ4n) is 3.00. The quantitative estimate of drug-likeness (QED) is 0.770. The van der Waals surface area contributed by atoms with Crippen LogP contribution in [0.3, 0.4) is 0 Å². The molecule has 1 saturated heterocycles. The molecule has 2 atom stereocenters. The molecular formula is C15H29F3N2. The molecule has 1 aliphatic heterocycles. The second-order valence-electron chi connectivity index (χ2n) is 6.51. The number of hydrogen-bond acceptors (Lipinski definition) is 2. The van der Waals surface area contributed by atoms with Gasteiger partial charge in [-0.2, -0.15) is 13.2 Å². The van der Waals surface area contributed by atoms with Crippen LogP contribution in [0.4, 0.5) is 13.2 Å². The van der Waals surface area contributed by atoms with Crippen LogP contribution in [0, 0.1) is 11.8 Å². The molecule has 5 heteroatoms. The Kier molecular flexibility index (Phi) is 7.30. The second kappa shape index (κ2) is 8.23. The van der Waals surface area contributed by atoms with Crippen LogP contribution in [0.1, 0.15) is 46.5 Å². The molecule has 0 amide bonds. The molecule has 0 radical (unpaired) electrons. The van der Waals surface area contributed by atoms with Crippen LogP contribution in [-0.2, 0) is 0 Å². The summed E-state index contributed by atoms with van der Waals surface area (Å²) < 4.78 is 37.8. The highest BCUT2D eigenvalue weighted by molar-refractivity contribution is 4.84. The summed E-state index contributed by atoms with van der Waals surface area (Å²) in [6.45, 7) is 9.69. The summed E-state index contributed by atoms with van der Waals surface area (Å²) in [6, 6.07) is 0.210. The lowest BCUT2D eigenvalue weighted by Gasteiger charge is -2.38. The Bertz CT molecular complexity index is 266. The van der Waals surface area contributed by atoms with Gasteiger partial charge in [-0.1, -0.05) is 20.8 Å². The van der Waals surface area contributed by atoms with E-state index in [1.165, 1.54) is 0 Å². The normalized spacial score (nSPS) is 25.4. The Hall–Kier alpha value is -0.290. The molecule has 20 heavy (non-hydrogen) atoms. The molecular weight excluding hydrogens is 265 g/mol. The zero-order chi connectivity index (χ0) is 15.2. The van der Waals surface area contributed by atoms with Gasteiger partial charge in [0.1, 0.15) is 0 Å². The summed E-state index contributed by atoms with van der Waals surface area (Å²) in [4.78, 5) is 2.19. The minimum Gasteiger partial charge on any atom is -0.313 e. The fraction of sp³-hybridized carbons (Fsp3) is 1.00. The zero-order valence-electron chi connectivity index (χ0n) is 13.0. The van der Waals surface area contributed by atoms with E-state index in [0.717, 1.165) is 32.5 Å². The molecule has 1 fully saturated rings. The topological polar surface area (TPSA) is 15.3 Å². The van der Waals surface area contributed by atoms with Gasteiger partial charge in [-0.15, -0.1) is 0 Å². The van der Waals surface area contributed by atoms with E-state index in [1.54, 1.807) is 0 Å². The van der Waals surface area contributed by atoms with E-state index in [4.69, 9.17) is 0 Å². The molecule has 1 rings (SSSR count). The van der Waals surface area contributed by atoms with Crippen molar-refractivity contribution in [1.29, 1.82) is 0 Å². The number of alkyl halides is 3. The first-order chi connectivity index (χ1) is 9.30. The van der Waals surface area contributed by atoms with E-state index >= 15 is 0 Å². The first kappa shape index (κ1) is 17.8. The van der Waals surface area contributed by atoms with E-state index in [9.17, 15) is 13.2 Å². The predicted octanol–water partition coefficient (Wildman–Crippen LogP) is 3.68. The van der Waals surface area contributed by atoms with Gasteiger partial charge in [-0.25, -0.2) is 0 Å². The lowest BCUT2D eigenvalue weighted by Crippen LogP contribution is -2.50. The first-order valence-electron chi connectivity index (χ1n) is 7.82. The zero-order valence-corrected chi connectivity index (χ0v) is 13.0. The Morgan fingerprint density at radius 2 is 1.95 bits per heavy atom. The van der Waals surface area contributed by atoms with Crippen LogP contribution in [0.25, 0.3) is 0 Å². The van der Waals surface area contributed by atoms with Crippen LogP contribution in [-0.4, -0.2) is 43.3 Å². The lowest BCUT2D eigenvalue weighted by atomic mass is 9.91. The third kappa shape index (κ3) is 7.48. The maximum atomic E-state index is 12.6. The Morgan fingerprint density at radius 3 is 2.50 bits per heavy atom. The summed E-state index contributed by atoms with van der Waals surface area (Å²) in [5, 5.41) is 3.45. The maximum absolute atomic E-state index is 12.6. The standard InChI is InChI=1S/C15H29F3N2/c1-4-7-20-10-13(9-15(16,17)18)8-14(11-20)19-6-5-12(2)3/h12-14,19H,4-11H2,1-3H3. The van der Waals surface area contributed by atoms with Crippen molar-refractivity contribution in [3.8, 4) is 0 Å². The van der Waals surface area contributed by atoms with E-state index in [2.05, 4.69) is 31.0 Å². The third-order valence-corrected chi connectivity index (χ3v) is 3.83. The molecule has 1 heterocycles. The highest BCUT2D eigenvalue weighted by Crippen LogP contribution is 2.30. The highest BCUT2D eigenvalue weighted by atomic mass is 19.4. The average molecular weight is 294 g/mol. The Balaban J connectivity index is 2.47. The number of nitrogens with zero attached hydrogens (tertiary/aromatic N) is 1.